The van der Waals surface area contributed by atoms with Crippen LogP contribution in [-0.4, -0.2) is 9.38 Å². The molecule has 0 radical (unpaired) electrons. The van der Waals surface area contributed by atoms with Gasteiger partial charge in [-0.2, -0.15) is 0 Å². The zero-order valence-corrected chi connectivity index (χ0v) is 7.20. The minimum Gasteiger partial charge on any atom is -0.397 e. The second-order valence-corrected chi connectivity index (χ2v) is 3.04. The molecule has 2 N–H and O–H groups in total. The molecule has 0 amide bonds. The molecule has 0 aliphatic rings. The van der Waals surface area contributed by atoms with E-state index >= 15 is 0 Å². The predicted molar refractivity (Wildman–Crippen MR) is 49.1 cm³/mol. The zero-order chi connectivity index (χ0) is 8.72. The van der Waals surface area contributed by atoms with Gasteiger partial charge in [-0.15, -0.1) is 0 Å². The van der Waals surface area contributed by atoms with Crippen LogP contribution < -0.4 is 5.73 Å². The van der Waals surface area contributed by atoms with Gasteiger partial charge in [-0.25, -0.2) is 4.98 Å². The van der Waals surface area contributed by atoms with Gasteiger partial charge in [-0.1, -0.05) is 0 Å². The van der Waals surface area contributed by atoms with Crippen LogP contribution in [0.1, 0.15) is 11.3 Å². The molecular weight excluding hydrogens is 150 g/mol. The van der Waals surface area contributed by atoms with Crippen molar-refractivity contribution in [1.82, 2.24) is 9.38 Å². The van der Waals surface area contributed by atoms with E-state index in [1.54, 1.807) is 0 Å². The third kappa shape index (κ3) is 0.863. The summed E-state index contributed by atoms with van der Waals surface area (Å²) in [6.07, 6.45) is 3.75. The molecule has 0 fully saturated rings. The van der Waals surface area contributed by atoms with Gasteiger partial charge in [0, 0.05) is 18.1 Å². The van der Waals surface area contributed by atoms with Gasteiger partial charge in [0.15, 0.2) is 0 Å². The summed E-state index contributed by atoms with van der Waals surface area (Å²) in [5.74, 6) is 0. The number of imidazole rings is 1. The van der Waals surface area contributed by atoms with Crippen molar-refractivity contribution in [3.8, 4) is 0 Å². The lowest BCUT2D eigenvalue weighted by Gasteiger charge is -2.01. The second-order valence-electron chi connectivity index (χ2n) is 3.04. The highest BCUT2D eigenvalue weighted by Crippen LogP contribution is 2.14. The summed E-state index contributed by atoms with van der Waals surface area (Å²) in [5, 5.41) is 0. The first kappa shape index (κ1) is 7.16. The number of nitrogens with zero attached hydrogens (tertiary/aromatic N) is 2. The molecule has 0 saturated heterocycles. The van der Waals surface area contributed by atoms with E-state index in [1.807, 2.05) is 36.7 Å². The van der Waals surface area contributed by atoms with Crippen molar-refractivity contribution in [3.63, 3.8) is 0 Å². The van der Waals surface area contributed by atoms with Gasteiger partial charge in [0.05, 0.1) is 5.69 Å². The van der Waals surface area contributed by atoms with E-state index in [0.717, 1.165) is 22.6 Å². The van der Waals surface area contributed by atoms with Crippen molar-refractivity contribution in [2.45, 2.75) is 13.8 Å². The molecule has 2 heterocycles. The van der Waals surface area contributed by atoms with Crippen LogP contribution >= 0.6 is 0 Å². The highest BCUT2D eigenvalue weighted by molar-refractivity contribution is 5.54. The topological polar surface area (TPSA) is 43.3 Å². The summed E-state index contributed by atoms with van der Waals surface area (Å²) in [6, 6.07) is 1.99. The van der Waals surface area contributed by atoms with Gasteiger partial charge in [0.2, 0.25) is 0 Å². The summed E-state index contributed by atoms with van der Waals surface area (Å²) >= 11 is 0. The van der Waals surface area contributed by atoms with E-state index in [1.165, 1.54) is 0 Å². The van der Waals surface area contributed by atoms with Gasteiger partial charge < -0.3 is 10.1 Å². The zero-order valence-electron chi connectivity index (χ0n) is 7.20. The quantitative estimate of drug-likeness (QED) is 0.636. The van der Waals surface area contributed by atoms with Crippen LogP contribution in [0.4, 0.5) is 5.69 Å². The van der Waals surface area contributed by atoms with Gasteiger partial charge in [0.25, 0.3) is 0 Å². The van der Waals surface area contributed by atoms with Crippen LogP contribution in [0.5, 0.6) is 0 Å². The van der Waals surface area contributed by atoms with Crippen LogP contribution in [0.2, 0.25) is 0 Å². The normalized spacial score (nSPS) is 10.8. The summed E-state index contributed by atoms with van der Waals surface area (Å²) in [4.78, 5) is 4.23. The summed E-state index contributed by atoms with van der Waals surface area (Å²) in [6.45, 7) is 3.99. The fourth-order valence-corrected chi connectivity index (χ4v) is 1.26. The average molecular weight is 161 g/mol. The fraction of sp³-hybridized carbons (Fsp3) is 0.222. The van der Waals surface area contributed by atoms with Crippen LogP contribution in [-0.2, 0) is 0 Å². The van der Waals surface area contributed by atoms with Crippen LogP contribution in [0.3, 0.4) is 0 Å². The number of rotatable bonds is 0. The van der Waals surface area contributed by atoms with E-state index in [-0.39, 0.29) is 0 Å². The van der Waals surface area contributed by atoms with Gasteiger partial charge in [-0.3, -0.25) is 0 Å². The van der Waals surface area contributed by atoms with Crippen LogP contribution in [0.15, 0.2) is 18.5 Å². The Bertz CT molecular complexity index is 429. The Morgan fingerprint density at radius 3 is 2.92 bits per heavy atom. The monoisotopic (exact) mass is 161 g/mol. The Morgan fingerprint density at radius 2 is 2.17 bits per heavy atom. The highest BCUT2D eigenvalue weighted by atomic mass is 15.0. The fourth-order valence-electron chi connectivity index (χ4n) is 1.26. The Kier molecular flexibility index (Phi) is 1.33. The molecule has 12 heavy (non-hydrogen) atoms. The molecule has 2 aromatic rings. The number of nitrogens with two attached hydrogens (primary N) is 1. The minimum absolute atomic E-state index is 0.809. The smallest absolute Gasteiger partial charge is 0.137 e. The van der Waals surface area contributed by atoms with Crippen molar-refractivity contribution >= 4 is 11.3 Å². The molecule has 0 aliphatic heterocycles. The molecule has 3 nitrogen and oxygen atoms in total. The number of hydrogen-bond acceptors (Lipinski definition) is 2. The molecule has 0 aliphatic carbocycles. The molecule has 2 aromatic heterocycles. The third-order valence-corrected chi connectivity index (χ3v) is 2.08. The summed E-state index contributed by atoms with van der Waals surface area (Å²) in [5.41, 5.74) is 9.72. The Labute approximate surface area is 70.8 Å². The maximum atomic E-state index is 5.77. The number of nitrogen functional groups attached to an aromatic ring is 1. The Hall–Kier alpha value is -1.51. The SMILES string of the molecule is Cc1cc2ncc(C)n2cc1N. The van der Waals surface area contributed by atoms with Gasteiger partial charge in [-0.05, 0) is 25.5 Å². The average Bonchev–Trinajstić information content (AvgIpc) is 2.35. The van der Waals surface area contributed by atoms with E-state index in [0.29, 0.717) is 0 Å². The Balaban J connectivity index is 2.87. The maximum absolute atomic E-state index is 5.77. The molecule has 0 bridgehead atoms. The van der Waals surface area contributed by atoms with E-state index < -0.39 is 0 Å². The number of anilines is 1. The summed E-state index contributed by atoms with van der Waals surface area (Å²) < 4.78 is 1.99. The lowest BCUT2D eigenvalue weighted by atomic mass is 10.2. The molecule has 0 spiro atoms. The first-order valence-electron chi connectivity index (χ1n) is 3.88. The first-order chi connectivity index (χ1) is 5.68. The number of fused-ring (bicyclic) bond motifs is 1. The van der Waals surface area contributed by atoms with Crippen LogP contribution in [0.25, 0.3) is 5.65 Å². The van der Waals surface area contributed by atoms with Crippen molar-refractivity contribution in [2.75, 3.05) is 5.73 Å². The number of aryl methyl sites for hydroxylation is 2. The molecule has 62 valence electrons. The van der Waals surface area contributed by atoms with E-state index in [9.17, 15) is 0 Å². The van der Waals surface area contributed by atoms with Gasteiger partial charge in [0.1, 0.15) is 5.65 Å². The van der Waals surface area contributed by atoms with Crippen molar-refractivity contribution in [2.24, 2.45) is 0 Å². The molecule has 0 unspecified atom stereocenters. The highest BCUT2D eigenvalue weighted by Gasteiger charge is 2.00. The molecular formula is C9H11N3. The van der Waals surface area contributed by atoms with Crippen molar-refractivity contribution in [3.05, 3.63) is 29.7 Å². The van der Waals surface area contributed by atoms with Gasteiger partial charge >= 0.3 is 0 Å². The lowest BCUT2D eigenvalue weighted by Crippen LogP contribution is -1.95. The number of aromatic nitrogens is 2. The van der Waals surface area contributed by atoms with Crippen LogP contribution in [0, 0.1) is 13.8 Å². The molecule has 0 atom stereocenters. The molecule has 0 saturated carbocycles. The largest absolute Gasteiger partial charge is 0.397 e. The van der Waals surface area contributed by atoms with E-state index in [4.69, 9.17) is 5.73 Å². The van der Waals surface area contributed by atoms with Crippen molar-refractivity contribution < 1.29 is 0 Å². The number of hydrogen-bond donors (Lipinski definition) is 1. The predicted octanol–water partition coefficient (Wildman–Crippen LogP) is 1.53. The standard InChI is InChI=1S/C9H11N3/c1-6-3-9-11-4-7(2)12(9)5-8(6)10/h3-5H,10H2,1-2H3. The first-order valence-corrected chi connectivity index (χ1v) is 3.88. The van der Waals surface area contributed by atoms with Crippen molar-refractivity contribution in [1.29, 1.82) is 0 Å². The maximum Gasteiger partial charge on any atom is 0.137 e. The Morgan fingerprint density at radius 1 is 1.42 bits per heavy atom. The third-order valence-electron chi connectivity index (χ3n) is 2.08. The molecule has 3 heteroatoms. The number of pyridine rings is 1. The lowest BCUT2D eigenvalue weighted by molar-refractivity contribution is 1.11. The minimum atomic E-state index is 0.809. The molecule has 2 rings (SSSR count). The van der Waals surface area contributed by atoms with E-state index in [2.05, 4.69) is 4.98 Å². The second kappa shape index (κ2) is 2.24. The summed E-state index contributed by atoms with van der Waals surface area (Å²) in [7, 11) is 0. The molecule has 0 aromatic carbocycles.